The smallest absolute Gasteiger partial charge is 0.459 e. The zero-order chi connectivity index (χ0) is 27.4. The highest BCUT2D eigenvalue weighted by atomic mass is 31.2. The van der Waals surface area contributed by atoms with Gasteiger partial charge in [0.1, 0.15) is 23.7 Å². The number of hydrogen-bond acceptors (Lipinski definition) is 9. The molecule has 1 fully saturated rings. The minimum atomic E-state index is -4.22. The zero-order valence-corrected chi connectivity index (χ0v) is 21.9. The molecular weight excluding hydrogens is 503 g/mol. The highest BCUT2D eigenvalue weighted by molar-refractivity contribution is 7.52. The van der Waals surface area contributed by atoms with Crippen molar-refractivity contribution in [3.05, 3.63) is 66.4 Å². The SMILES string of the molecule is [C-]#[N+][C@]1(C)[C@H](O)[C@@H](CO[P@](=O)(N[C@@H](C)C(=O)OC(C)C)Oc2ccccc2)O[C@H]1N1C=CC(=O)NC1=C. The molecule has 1 aromatic carbocycles. The number of aliphatic hydroxyl groups excluding tert-OH is 1. The van der Waals surface area contributed by atoms with E-state index in [9.17, 15) is 19.3 Å². The number of esters is 1. The molecule has 6 atom stereocenters. The van der Waals surface area contributed by atoms with Gasteiger partial charge in [-0.05, 0) is 32.9 Å². The predicted molar refractivity (Wildman–Crippen MR) is 132 cm³/mol. The average Bonchev–Trinajstić information content (AvgIpc) is 3.08. The van der Waals surface area contributed by atoms with Gasteiger partial charge in [-0.15, -0.1) is 0 Å². The monoisotopic (exact) mass is 534 g/mol. The van der Waals surface area contributed by atoms with Crippen LogP contribution in [0.1, 0.15) is 27.7 Å². The maximum absolute atomic E-state index is 13.7. The van der Waals surface area contributed by atoms with Crippen LogP contribution in [0.3, 0.4) is 0 Å². The highest BCUT2D eigenvalue weighted by Crippen LogP contribution is 2.47. The van der Waals surface area contributed by atoms with E-state index in [1.165, 1.54) is 31.0 Å². The Kier molecular flexibility index (Phi) is 8.79. The molecule has 0 saturated carbocycles. The molecule has 0 aliphatic carbocycles. The van der Waals surface area contributed by atoms with Crippen LogP contribution in [0, 0.1) is 6.57 Å². The third-order valence-electron chi connectivity index (χ3n) is 5.65. The summed E-state index contributed by atoms with van der Waals surface area (Å²) in [5.74, 6) is -0.673. The van der Waals surface area contributed by atoms with Gasteiger partial charge in [-0.2, -0.15) is 5.09 Å². The van der Waals surface area contributed by atoms with Crippen molar-refractivity contribution in [1.29, 1.82) is 0 Å². The first kappa shape index (κ1) is 28.4. The summed E-state index contributed by atoms with van der Waals surface area (Å²) < 4.78 is 36.1. The summed E-state index contributed by atoms with van der Waals surface area (Å²) in [5, 5.41) is 16.1. The third-order valence-corrected chi connectivity index (χ3v) is 7.29. The van der Waals surface area contributed by atoms with Crippen LogP contribution < -0.4 is 14.9 Å². The van der Waals surface area contributed by atoms with Crippen molar-refractivity contribution in [1.82, 2.24) is 15.3 Å². The molecule has 13 heteroatoms. The van der Waals surface area contributed by atoms with Gasteiger partial charge >= 0.3 is 19.3 Å². The van der Waals surface area contributed by atoms with E-state index >= 15 is 0 Å². The van der Waals surface area contributed by atoms with Crippen LogP contribution in [0.15, 0.2) is 55.0 Å². The molecule has 3 rings (SSSR count). The predicted octanol–water partition coefficient (Wildman–Crippen LogP) is 2.30. The Morgan fingerprint density at radius 2 is 2.05 bits per heavy atom. The first-order valence-corrected chi connectivity index (χ1v) is 13.1. The molecule has 0 spiro atoms. The molecule has 200 valence electrons. The Morgan fingerprint density at radius 3 is 2.65 bits per heavy atom. The van der Waals surface area contributed by atoms with Gasteiger partial charge in [0, 0.05) is 19.2 Å². The van der Waals surface area contributed by atoms with E-state index < -0.39 is 50.3 Å². The van der Waals surface area contributed by atoms with Crippen molar-refractivity contribution in [2.75, 3.05) is 6.61 Å². The average molecular weight is 535 g/mol. The molecule has 2 aliphatic rings. The number of nitrogens with zero attached hydrogens (tertiary/aromatic N) is 2. The molecule has 12 nitrogen and oxygen atoms in total. The van der Waals surface area contributed by atoms with Crippen LogP contribution in [0.2, 0.25) is 0 Å². The van der Waals surface area contributed by atoms with Crippen molar-refractivity contribution in [2.45, 2.75) is 63.8 Å². The summed E-state index contributed by atoms with van der Waals surface area (Å²) in [7, 11) is -4.22. The number of ether oxygens (including phenoxy) is 2. The van der Waals surface area contributed by atoms with E-state index in [4.69, 9.17) is 25.1 Å². The molecule has 37 heavy (non-hydrogen) atoms. The van der Waals surface area contributed by atoms with E-state index in [0.717, 1.165) is 0 Å². The molecule has 0 bridgehead atoms. The lowest BCUT2D eigenvalue weighted by Crippen LogP contribution is -2.52. The standard InChI is InChI=1S/C24H31N4O8P/c1-15(2)34-22(31)16(3)27-37(32,36-18-10-8-7-9-11-18)33-14-19-21(30)24(5,25-6)23(35-19)28-13-12-20(29)26-17(28)4/h7-13,15-16,19,21,23,30H,4,14H2,1-3,5H3,(H,26,29)(H,27,32)/t16-,19+,21+,23+,24+,37+/m0/s1. The maximum Gasteiger partial charge on any atom is 0.459 e. The second kappa shape index (κ2) is 11.5. The fourth-order valence-corrected chi connectivity index (χ4v) is 5.21. The zero-order valence-electron chi connectivity index (χ0n) is 21.0. The Morgan fingerprint density at radius 1 is 1.38 bits per heavy atom. The number of amides is 1. The van der Waals surface area contributed by atoms with Gasteiger partial charge in [-0.25, -0.2) is 11.1 Å². The summed E-state index contributed by atoms with van der Waals surface area (Å²) in [4.78, 5) is 28.9. The number of nitrogens with one attached hydrogen (secondary N) is 2. The van der Waals surface area contributed by atoms with Gasteiger partial charge < -0.3 is 34.2 Å². The summed E-state index contributed by atoms with van der Waals surface area (Å²) >= 11 is 0. The van der Waals surface area contributed by atoms with Gasteiger partial charge in [0.25, 0.3) is 5.91 Å². The molecule has 1 aromatic rings. The number of rotatable bonds is 10. The van der Waals surface area contributed by atoms with Gasteiger partial charge in [0.05, 0.1) is 12.7 Å². The first-order chi connectivity index (χ1) is 17.4. The minimum absolute atomic E-state index is 0.165. The number of benzene rings is 1. The van der Waals surface area contributed by atoms with Crippen LogP contribution in [0.25, 0.3) is 4.85 Å². The van der Waals surface area contributed by atoms with Crippen molar-refractivity contribution >= 4 is 19.6 Å². The quantitative estimate of drug-likeness (QED) is 0.233. The van der Waals surface area contributed by atoms with Crippen molar-refractivity contribution in [3.8, 4) is 5.75 Å². The minimum Gasteiger partial charge on any atom is -0.462 e. The normalized spacial score (nSPS) is 27.8. The van der Waals surface area contributed by atoms with E-state index in [1.807, 2.05) is 0 Å². The fourth-order valence-electron chi connectivity index (χ4n) is 3.71. The van der Waals surface area contributed by atoms with Crippen LogP contribution in [0.4, 0.5) is 0 Å². The molecule has 1 amide bonds. The Balaban J connectivity index is 1.80. The highest BCUT2D eigenvalue weighted by Gasteiger charge is 2.62. The summed E-state index contributed by atoms with van der Waals surface area (Å²) in [6, 6.07) is 7.15. The maximum atomic E-state index is 13.7. The Hall–Kier alpha value is -3.20. The molecule has 2 aliphatic heterocycles. The Bertz CT molecular complexity index is 1140. The van der Waals surface area contributed by atoms with Crippen LogP contribution in [-0.2, 0) is 28.2 Å². The van der Waals surface area contributed by atoms with Gasteiger partial charge in [-0.3, -0.25) is 14.1 Å². The second-order valence-corrected chi connectivity index (χ2v) is 10.7. The molecular formula is C24H31N4O8P. The number of para-hydroxylation sites is 1. The number of carbonyl (C=O) groups is 2. The summed E-state index contributed by atoms with van der Waals surface area (Å²) in [6.07, 6.45) is -1.28. The fraction of sp³-hybridized carbons (Fsp3) is 0.458. The van der Waals surface area contributed by atoms with E-state index in [0.29, 0.717) is 0 Å². The molecule has 0 aromatic heterocycles. The summed E-state index contributed by atoms with van der Waals surface area (Å²) in [5.41, 5.74) is -1.49. The topological polar surface area (TPSA) is 140 Å². The van der Waals surface area contributed by atoms with E-state index in [1.54, 1.807) is 44.2 Å². The lowest BCUT2D eigenvalue weighted by molar-refractivity contribution is -0.149. The molecule has 0 radical (unpaired) electrons. The first-order valence-electron chi connectivity index (χ1n) is 11.5. The van der Waals surface area contributed by atoms with Gasteiger partial charge in [0.15, 0.2) is 6.10 Å². The van der Waals surface area contributed by atoms with Crippen molar-refractivity contribution in [2.24, 2.45) is 0 Å². The number of carbonyl (C=O) groups excluding carboxylic acids is 2. The van der Waals surface area contributed by atoms with Crippen molar-refractivity contribution in [3.63, 3.8) is 0 Å². The lowest BCUT2D eigenvalue weighted by Gasteiger charge is -2.33. The number of aliphatic hydroxyl groups is 1. The largest absolute Gasteiger partial charge is 0.462 e. The molecule has 3 N–H and O–H groups in total. The van der Waals surface area contributed by atoms with Crippen LogP contribution in [-0.4, -0.2) is 64.6 Å². The van der Waals surface area contributed by atoms with E-state index in [-0.39, 0.29) is 23.6 Å². The van der Waals surface area contributed by atoms with E-state index in [2.05, 4.69) is 21.8 Å². The van der Waals surface area contributed by atoms with Gasteiger partial charge in [-0.1, -0.05) is 24.8 Å². The molecule has 0 unspecified atom stereocenters. The van der Waals surface area contributed by atoms with Crippen LogP contribution in [0.5, 0.6) is 5.75 Å². The Labute approximate surface area is 215 Å². The van der Waals surface area contributed by atoms with Crippen molar-refractivity contribution < 1.29 is 37.8 Å². The second-order valence-electron chi connectivity index (χ2n) is 9.00. The third kappa shape index (κ3) is 6.57. The lowest BCUT2D eigenvalue weighted by atomic mass is 9.92. The number of hydrogen-bond donors (Lipinski definition) is 3. The molecule has 1 saturated heterocycles. The summed E-state index contributed by atoms with van der Waals surface area (Å²) in [6.45, 7) is 17.3. The van der Waals surface area contributed by atoms with Crippen LogP contribution >= 0.6 is 7.75 Å². The molecule has 2 heterocycles. The van der Waals surface area contributed by atoms with Gasteiger partial charge in [0.2, 0.25) is 6.23 Å².